The fraction of sp³-hybridized carbons (Fsp3) is 0.667. The van der Waals surface area contributed by atoms with Crippen LogP contribution in [0.5, 0.6) is 0 Å². The maximum Gasteiger partial charge on any atom is 0.341 e. The van der Waals surface area contributed by atoms with Crippen LogP contribution in [0.1, 0.15) is 41.8 Å². The van der Waals surface area contributed by atoms with Crippen molar-refractivity contribution in [1.29, 1.82) is 0 Å². The van der Waals surface area contributed by atoms with Crippen molar-refractivity contribution in [2.24, 2.45) is 0 Å². The molecule has 1 atom stereocenters. The second kappa shape index (κ2) is 6.95. The van der Waals surface area contributed by atoms with Crippen molar-refractivity contribution in [2.75, 3.05) is 40.3 Å². The highest BCUT2D eigenvalue weighted by Gasteiger charge is 2.27. The lowest BCUT2D eigenvalue weighted by molar-refractivity contribution is 0.0523. The van der Waals surface area contributed by atoms with Crippen LogP contribution >= 0.6 is 0 Å². The lowest BCUT2D eigenvalue weighted by atomic mass is 10.1. The Morgan fingerprint density at radius 2 is 2.14 bits per heavy atom. The van der Waals surface area contributed by atoms with Gasteiger partial charge in [-0.25, -0.2) is 14.8 Å². The van der Waals surface area contributed by atoms with E-state index >= 15 is 0 Å². The molecule has 0 saturated carbocycles. The molecule has 1 aromatic rings. The van der Waals surface area contributed by atoms with E-state index in [1.807, 2.05) is 6.92 Å². The zero-order valence-corrected chi connectivity index (χ0v) is 13.3. The summed E-state index contributed by atoms with van der Waals surface area (Å²) >= 11 is 0. The number of ether oxygens (including phenoxy) is 1. The van der Waals surface area contributed by atoms with Crippen molar-refractivity contribution >= 4 is 5.97 Å². The molecule has 1 saturated heterocycles. The van der Waals surface area contributed by atoms with E-state index in [1.165, 1.54) is 0 Å². The first kappa shape index (κ1) is 15.9. The molecule has 0 radical (unpaired) electrons. The third-order valence-electron chi connectivity index (χ3n) is 3.87. The van der Waals surface area contributed by atoms with E-state index in [-0.39, 0.29) is 12.0 Å². The van der Waals surface area contributed by atoms with Crippen LogP contribution in [-0.4, -0.2) is 66.1 Å². The summed E-state index contributed by atoms with van der Waals surface area (Å²) in [5, 5.41) is 0. The van der Waals surface area contributed by atoms with Gasteiger partial charge < -0.3 is 9.64 Å². The number of likely N-dealkylation sites (N-methyl/N-ethyl adjacent to an activating group) is 2. The Balaban J connectivity index is 2.27. The monoisotopic (exact) mass is 292 g/mol. The van der Waals surface area contributed by atoms with Crippen molar-refractivity contribution in [2.45, 2.75) is 26.3 Å². The molecule has 21 heavy (non-hydrogen) atoms. The Bertz CT molecular complexity index is 506. The molecular weight excluding hydrogens is 268 g/mol. The number of hydrogen-bond donors (Lipinski definition) is 0. The van der Waals surface area contributed by atoms with E-state index in [0.717, 1.165) is 31.2 Å². The molecule has 0 N–H and O–H groups in total. The number of carbonyl (C=O) groups excluding carboxylic acids is 1. The van der Waals surface area contributed by atoms with Gasteiger partial charge >= 0.3 is 5.97 Å². The van der Waals surface area contributed by atoms with E-state index in [1.54, 1.807) is 13.1 Å². The Morgan fingerprint density at radius 3 is 2.81 bits per heavy atom. The maximum absolute atomic E-state index is 11.9. The molecule has 0 amide bonds. The van der Waals surface area contributed by atoms with Gasteiger partial charge in [0.15, 0.2) is 0 Å². The lowest BCUT2D eigenvalue weighted by Crippen LogP contribution is -2.45. The van der Waals surface area contributed by atoms with E-state index < -0.39 is 0 Å². The largest absolute Gasteiger partial charge is 0.462 e. The third kappa shape index (κ3) is 3.57. The van der Waals surface area contributed by atoms with Crippen molar-refractivity contribution in [3.05, 3.63) is 23.3 Å². The number of rotatable bonds is 4. The summed E-state index contributed by atoms with van der Waals surface area (Å²) in [5.41, 5.74) is 1.25. The zero-order valence-electron chi connectivity index (χ0n) is 13.3. The molecular formula is C15H24N4O2. The third-order valence-corrected chi connectivity index (χ3v) is 3.87. The first-order valence-corrected chi connectivity index (χ1v) is 7.48. The summed E-state index contributed by atoms with van der Waals surface area (Å²) in [5.74, 6) is 0.448. The molecule has 1 aromatic heterocycles. The molecule has 2 rings (SSSR count). The van der Waals surface area contributed by atoms with Crippen molar-refractivity contribution in [3.63, 3.8) is 0 Å². The number of esters is 1. The predicted octanol–water partition coefficient (Wildman–Crippen LogP) is 1.13. The number of hydrogen-bond acceptors (Lipinski definition) is 6. The highest BCUT2D eigenvalue weighted by molar-refractivity contribution is 5.90. The molecule has 1 aliphatic heterocycles. The van der Waals surface area contributed by atoms with Gasteiger partial charge in [0, 0.05) is 25.8 Å². The smallest absolute Gasteiger partial charge is 0.341 e. The average molecular weight is 292 g/mol. The highest BCUT2D eigenvalue weighted by atomic mass is 16.5. The fourth-order valence-corrected chi connectivity index (χ4v) is 2.53. The van der Waals surface area contributed by atoms with Gasteiger partial charge in [0.25, 0.3) is 0 Å². The van der Waals surface area contributed by atoms with Crippen molar-refractivity contribution in [3.8, 4) is 0 Å². The molecule has 6 heteroatoms. The van der Waals surface area contributed by atoms with Gasteiger partial charge in [-0.15, -0.1) is 0 Å². The highest BCUT2D eigenvalue weighted by Crippen LogP contribution is 2.21. The molecule has 116 valence electrons. The van der Waals surface area contributed by atoms with Gasteiger partial charge in [-0.3, -0.25) is 4.90 Å². The van der Waals surface area contributed by atoms with Crippen LogP contribution in [0.3, 0.4) is 0 Å². The van der Waals surface area contributed by atoms with Gasteiger partial charge in [-0.1, -0.05) is 6.92 Å². The zero-order chi connectivity index (χ0) is 15.4. The van der Waals surface area contributed by atoms with E-state index in [0.29, 0.717) is 18.6 Å². The molecule has 0 aromatic carbocycles. The minimum atomic E-state index is -0.338. The first-order valence-electron chi connectivity index (χ1n) is 7.48. The van der Waals surface area contributed by atoms with E-state index in [2.05, 4.69) is 33.9 Å². The minimum Gasteiger partial charge on any atom is -0.462 e. The number of piperazine rings is 1. The summed E-state index contributed by atoms with van der Waals surface area (Å²) in [6.45, 7) is 7.09. The Kier molecular flexibility index (Phi) is 5.25. The molecule has 0 spiro atoms. The van der Waals surface area contributed by atoms with Crippen LogP contribution in [0.2, 0.25) is 0 Å². The summed E-state index contributed by atoms with van der Waals surface area (Å²) in [6.07, 6.45) is 2.30. The van der Waals surface area contributed by atoms with Crippen LogP contribution in [-0.2, 0) is 11.2 Å². The van der Waals surface area contributed by atoms with Gasteiger partial charge in [-0.2, -0.15) is 0 Å². The second-order valence-electron chi connectivity index (χ2n) is 5.42. The van der Waals surface area contributed by atoms with Gasteiger partial charge in [0.2, 0.25) is 0 Å². The van der Waals surface area contributed by atoms with Crippen LogP contribution in [0, 0.1) is 0 Å². The van der Waals surface area contributed by atoms with Gasteiger partial charge in [0.05, 0.1) is 23.9 Å². The lowest BCUT2D eigenvalue weighted by Gasteiger charge is -2.36. The molecule has 1 aliphatic rings. The van der Waals surface area contributed by atoms with E-state index in [9.17, 15) is 4.79 Å². The van der Waals surface area contributed by atoms with Gasteiger partial charge in [-0.05, 0) is 27.4 Å². The summed E-state index contributed by atoms with van der Waals surface area (Å²) in [7, 11) is 4.19. The Labute approximate surface area is 126 Å². The average Bonchev–Trinajstić information content (AvgIpc) is 2.49. The number of aryl methyl sites for hydroxylation is 1. The molecule has 6 nitrogen and oxygen atoms in total. The summed E-state index contributed by atoms with van der Waals surface area (Å²) in [4.78, 5) is 25.5. The van der Waals surface area contributed by atoms with Crippen LogP contribution in [0.25, 0.3) is 0 Å². The number of nitrogens with zero attached hydrogens (tertiary/aromatic N) is 4. The predicted molar refractivity (Wildman–Crippen MR) is 80.2 cm³/mol. The van der Waals surface area contributed by atoms with E-state index in [4.69, 9.17) is 4.74 Å². The SMILES string of the molecule is CCOC(=O)c1cnc(C2CN(C)CCN2C)nc1CC. The second-order valence-corrected chi connectivity index (χ2v) is 5.42. The van der Waals surface area contributed by atoms with Crippen molar-refractivity contribution < 1.29 is 9.53 Å². The molecule has 1 unspecified atom stereocenters. The normalized spacial score (nSPS) is 20.5. The Hall–Kier alpha value is -1.53. The quantitative estimate of drug-likeness (QED) is 0.776. The fourth-order valence-electron chi connectivity index (χ4n) is 2.53. The van der Waals surface area contributed by atoms with Crippen LogP contribution < -0.4 is 0 Å². The summed E-state index contributed by atoms with van der Waals surface area (Å²) in [6, 6.07) is 0.172. The summed E-state index contributed by atoms with van der Waals surface area (Å²) < 4.78 is 5.06. The van der Waals surface area contributed by atoms with Crippen LogP contribution in [0.15, 0.2) is 6.20 Å². The number of carbonyl (C=O) groups is 1. The molecule has 2 heterocycles. The van der Waals surface area contributed by atoms with Crippen LogP contribution in [0.4, 0.5) is 0 Å². The standard InChI is InChI=1S/C15H24N4O2/c1-5-12-11(15(20)21-6-2)9-16-14(17-12)13-10-18(3)7-8-19(13)4/h9,13H,5-8,10H2,1-4H3. The molecule has 0 aliphatic carbocycles. The first-order chi connectivity index (χ1) is 10.1. The number of aromatic nitrogens is 2. The Morgan fingerprint density at radius 1 is 1.38 bits per heavy atom. The maximum atomic E-state index is 11.9. The van der Waals surface area contributed by atoms with Gasteiger partial charge in [0.1, 0.15) is 5.82 Å². The molecule has 0 bridgehead atoms. The molecule has 1 fully saturated rings. The topological polar surface area (TPSA) is 58.6 Å². The minimum absolute atomic E-state index is 0.172. The van der Waals surface area contributed by atoms with Crippen molar-refractivity contribution in [1.82, 2.24) is 19.8 Å².